The number of hydrogen-bond donors (Lipinski definition) is 1. The second-order valence-electron chi connectivity index (χ2n) is 6.08. The van der Waals surface area contributed by atoms with E-state index in [1.54, 1.807) is 0 Å². The van der Waals surface area contributed by atoms with Crippen LogP contribution in [0.3, 0.4) is 0 Å². The van der Waals surface area contributed by atoms with Crippen LogP contribution in [0, 0.1) is 11.8 Å². The van der Waals surface area contributed by atoms with Gasteiger partial charge in [0.05, 0.1) is 18.8 Å². The van der Waals surface area contributed by atoms with Crippen LogP contribution in [0.1, 0.15) is 40.5 Å². The standard InChI is InChI=1S/C14H29NO2/c1-11(2)7-13-5-6-15(8-13)9-14(16)10-17-12(3)4/h11-14,16H,5-10H2,1-4H3. The minimum atomic E-state index is -0.338. The van der Waals surface area contributed by atoms with Crippen molar-refractivity contribution in [2.24, 2.45) is 11.8 Å². The topological polar surface area (TPSA) is 32.7 Å². The molecule has 0 radical (unpaired) electrons. The fraction of sp³-hybridized carbons (Fsp3) is 1.00. The second kappa shape index (κ2) is 7.34. The molecule has 1 rings (SSSR count). The summed E-state index contributed by atoms with van der Waals surface area (Å²) in [4.78, 5) is 2.38. The molecule has 0 spiro atoms. The molecule has 0 amide bonds. The Kier molecular flexibility index (Phi) is 6.45. The van der Waals surface area contributed by atoms with Crippen molar-refractivity contribution in [3.63, 3.8) is 0 Å². The van der Waals surface area contributed by atoms with Gasteiger partial charge in [-0.2, -0.15) is 0 Å². The van der Waals surface area contributed by atoms with Gasteiger partial charge in [0.2, 0.25) is 0 Å². The highest BCUT2D eigenvalue weighted by Crippen LogP contribution is 2.23. The van der Waals surface area contributed by atoms with E-state index in [4.69, 9.17) is 4.74 Å². The Balaban J connectivity index is 2.16. The highest BCUT2D eigenvalue weighted by atomic mass is 16.5. The second-order valence-corrected chi connectivity index (χ2v) is 6.08. The molecule has 2 unspecified atom stereocenters. The van der Waals surface area contributed by atoms with Crippen LogP contribution in [0.5, 0.6) is 0 Å². The van der Waals surface area contributed by atoms with Crippen LogP contribution < -0.4 is 0 Å². The van der Waals surface area contributed by atoms with E-state index < -0.39 is 0 Å². The fourth-order valence-corrected chi connectivity index (χ4v) is 2.59. The molecule has 0 aromatic rings. The number of hydrogen-bond acceptors (Lipinski definition) is 3. The average Bonchev–Trinajstić information content (AvgIpc) is 2.61. The number of β-amino-alcohol motifs (C(OH)–C–C–N with tert-alkyl or cyclic N) is 1. The maximum atomic E-state index is 9.86. The summed E-state index contributed by atoms with van der Waals surface area (Å²) in [7, 11) is 0. The van der Waals surface area contributed by atoms with Crippen molar-refractivity contribution < 1.29 is 9.84 Å². The van der Waals surface area contributed by atoms with Crippen LogP contribution in [-0.2, 0) is 4.74 Å². The van der Waals surface area contributed by atoms with Gasteiger partial charge < -0.3 is 14.7 Å². The molecule has 1 aliphatic rings. The largest absolute Gasteiger partial charge is 0.389 e. The SMILES string of the molecule is CC(C)CC1CCN(CC(O)COC(C)C)C1. The number of rotatable bonds is 7. The maximum Gasteiger partial charge on any atom is 0.0900 e. The molecular formula is C14H29NO2. The molecule has 2 atom stereocenters. The highest BCUT2D eigenvalue weighted by Gasteiger charge is 2.24. The van der Waals surface area contributed by atoms with Crippen LogP contribution in [0.2, 0.25) is 0 Å². The number of aliphatic hydroxyl groups excluding tert-OH is 1. The van der Waals surface area contributed by atoms with Crippen molar-refractivity contribution in [1.82, 2.24) is 4.90 Å². The number of likely N-dealkylation sites (tertiary alicyclic amines) is 1. The minimum absolute atomic E-state index is 0.205. The van der Waals surface area contributed by atoms with E-state index in [0.29, 0.717) is 6.61 Å². The Morgan fingerprint density at radius 1 is 1.29 bits per heavy atom. The van der Waals surface area contributed by atoms with E-state index in [-0.39, 0.29) is 12.2 Å². The first-order valence-corrected chi connectivity index (χ1v) is 6.99. The van der Waals surface area contributed by atoms with Gasteiger partial charge >= 0.3 is 0 Å². The molecule has 0 aliphatic carbocycles. The summed E-state index contributed by atoms with van der Waals surface area (Å²) in [5.74, 6) is 1.61. The lowest BCUT2D eigenvalue weighted by atomic mass is 9.97. The van der Waals surface area contributed by atoms with Gasteiger partial charge in [0.1, 0.15) is 0 Å². The van der Waals surface area contributed by atoms with Gasteiger partial charge in [-0.15, -0.1) is 0 Å². The van der Waals surface area contributed by atoms with E-state index in [0.717, 1.165) is 31.5 Å². The number of aliphatic hydroxyl groups is 1. The van der Waals surface area contributed by atoms with Gasteiger partial charge in [0, 0.05) is 13.1 Å². The summed E-state index contributed by atoms with van der Waals surface area (Å²) in [6, 6.07) is 0. The van der Waals surface area contributed by atoms with Gasteiger partial charge in [-0.25, -0.2) is 0 Å². The van der Waals surface area contributed by atoms with Crippen LogP contribution in [0.4, 0.5) is 0 Å². The minimum Gasteiger partial charge on any atom is -0.389 e. The molecule has 102 valence electrons. The molecule has 3 heteroatoms. The predicted octanol–water partition coefficient (Wildman–Crippen LogP) is 2.14. The van der Waals surface area contributed by atoms with E-state index in [1.165, 1.54) is 12.8 Å². The molecule has 17 heavy (non-hydrogen) atoms. The summed E-state index contributed by atoms with van der Waals surface area (Å²) < 4.78 is 5.43. The Labute approximate surface area is 106 Å². The monoisotopic (exact) mass is 243 g/mol. The molecule has 1 N–H and O–H groups in total. The summed E-state index contributed by atoms with van der Waals surface area (Å²) >= 11 is 0. The van der Waals surface area contributed by atoms with Gasteiger partial charge in [0.25, 0.3) is 0 Å². The molecule has 1 fully saturated rings. The van der Waals surface area contributed by atoms with Crippen LogP contribution >= 0.6 is 0 Å². The van der Waals surface area contributed by atoms with Gasteiger partial charge in [-0.3, -0.25) is 0 Å². The van der Waals surface area contributed by atoms with Gasteiger partial charge in [-0.1, -0.05) is 13.8 Å². The van der Waals surface area contributed by atoms with Crippen molar-refractivity contribution in [2.45, 2.75) is 52.7 Å². The zero-order valence-corrected chi connectivity index (χ0v) is 11.9. The molecular weight excluding hydrogens is 214 g/mol. The predicted molar refractivity (Wildman–Crippen MR) is 71.1 cm³/mol. The van der Waals surface area contributed by atoms with Gasteiger partial charge in [0.15, 0.2) is 0 Å². The van der Waals surface area contributed by atoms with Gasteiger partial charge in [-0.05, 0) is 45.1 Å². The van der Waals surface area contributed by atoms with E-state index in [1.807, 2.05) is 13.8 Å². The lowest BCUT2D eigenvalue weighted by Gasteiger charge is -2.21. The summed E-state index contributed by atoms with van der Waals surface area (Å²) in [6.07, 6.45) is 2.47. The van der Waals surface area contributed by atoms with Crippen molar-refractivity contribution in [2.75, 3.05) is 26.2 Å². The number of nitrogens with zero attached hydrogens (tertiary/aromatic N) is 1. The molecule has 0 bridgehead atoms. The maximum absolute atomic E-state index is 9.86. The molecule has 1 heterocycles. The first kappa shape index (κ1) is 14.9. The van der Waals surface area contributed by atoms with Crippen molar-refractivity contribution in [3.05, 3.63) is 0 Å². The summed E-state index contributed by atoms with van der Waals surface area (Å²) in [5, 5.41) is 9.86. The molecule has 3 nitrogen and oxygen atoms in total. The molecule has 0 saturated carbocycles. The van der Waals surface area contributed by atoms with E-state index >= 15 is 0 Å². The summed E-state index contributed by atoms with van der Waals surface area (Å²) in [5.41, 5.74) is 0. The summed E-state index contributed by atoms with van der Waals surface area (Å²) in [6.45, 7) is 12.1. The van der Waals surface area contributed by atoms with Crippen molar-refractivity contribution in [1.29, 1.82) is 0 Å². The quantitative estimate of drug-likeness (QED) is 0.743. The van der Waals surface area contributed by atoms with Crippen LogP contribution in [0.15, 0.2) is 0 Å². The molecule has 1 aliphatic heterocycles. The van der Waals surface area contributed by atoms with Crippen LogP contribution in [-0.4, -0.2) is 48.5 Å². The first-order valence-electron chi connectivity index (χ1n) is 6.99. The average molecular weight is 243 g/mol. The Bertz CT molecular complexity index is 206. The molecule has 0 aromatic carbocycles. The van der Waals surface area contributed by atoms with Crippen molar-refractivity contribution >= 4 is 0 Å². The van der Waals surface area contributed by atoms with E-state index in [9.17, 15) is 5.11 Å². The van der Waals surface area contributed by atoms with E-state index in [2.05, 4.69) is 18.7 Å². The normalized spacial score (nSPS) is 23.8. The zero-order chi connectivity index (χ0) is 12.8. The third kappa shape index (κ3) is 6.39. The lowest BCUT2D eigenvalue weighted by Crippen LogP contribution is -2.34. The lowest BCUT2D eigenvalue weighted by molar-refractivity contribution is -0.00625. The smallest absolute Gasteiger partial charge is 0.0900 e. The Morgan fingerprint density at radius 2 is 2.00 bits per heavy atom. The third-order valence-electron chi connectivity index (χ3n) is 3.27. The van der Waals surface area contributed by atoms with Crippen LogP contribution in [0.25, 0.3) is 0 Å². The highest BCUT2D eigenvalue weighted by molar-refractivity contribution is 4.78. The zero-order valence-electron chi connectivity index (χ0n) is 11.9. The molecule has 0 aromatic heterocycles. The Hall–Kier alpha value is -0.120. The third-order valence-corrected chi connectivity index (χ3v) is 3.27. The number of ether oxygens (including phenoxy) is 1. The first-order chi connectivity index (χ1) is 7.97. The fourth-order valence-electron chi connectivity index (χ4n) is 2.59. The molecule has 1 saturated heterocycles. The van der Waals surface area contributed by atoms with Crippen molar-refractivity contribution in [3.8, 4) is 0 Å². The Morgan fingerprint density at radius 3 is 2.59 bits per heavy atom.